The molecule has 5 nitrogen and oxygen atoms in total. The lowest BCUT2D eigenvalue weighted by atomic mass is 10.2. The van der Waals surface area contributed by atoms with Gasteiger partial charge in [-0.05, 0) is 36.4 Å². The van der Waals surface area contributed by atoms with Crippen molar-refractivity contribution in [3.63, 3.8) is 0 Å². The topological polar surface area (TPSA) is 63.7 Å². The number of esters is 1. The second-order valence-corrected chi connectivity index (χ2v) is 9.20. The molecule has 0 atom stereocenters. The Hall–Kier alpha value is -1.12. The summed E-state index contributed by atoms with van der Waals surface area (Å²) in [5.74, 6) is -0.682. The standard InChI is InChI=1S/C16H15Cl2NO4S2/c17-12-4-3-11(13(18)9-12)10-23-16(20)15-14(5-8-24-15)25(21,22)19-6-1-2-7-19/h3-5,8-9H,1-2,6-7,10H2. The highest BCUT2D eigenvalue weighted by Gasteiger charge is 2.32. The van der Waals surface area contributed by atoms with E-state index in [1.807, 2.05) is 0 Å². The summed E-state index contributed by atoms with van der Waals surface area (Å²) in [5, 5.41) is 2.45. The molecule has 0 amide bonds. The maximum Gasteiger partial charge on any atom is 0.350 e. The van der Waals surface area contributed by atoms with Crippen molar-refractivity contribution in [2.24, 2.45) is 0 Å². The zero-order valence-corrected chi connectivity index (χ0v) is 16.2. The summed E-state index contributed by atoms with van der Waals surface area (Å²) in [7, 11) is -3.67. The number of thiophene rings is 1. The number of hydrogen-bond donors (Lipinski definition) is 0. The second kappa shape index (κ2) is 7.63. The lowest BCUT2D eigenvalue weighted by Gasteiger charge is -2.15. The van der Waals surface area contributed by atoms with Gasteiger partial charge in [-0.25, -0.2) is 13.2 Å². The van der Waals surface area contributed by atoms with E-state index in [1.54, 1.807) is 23.6 Å². The summed E-state index contributed by atoms with van der Waals surface area (Å²) in [4.78, 5) is 12.5. The summed E-state index contributed by atoms with van der Waals surface area (Å²) < 4.78 is 32.0. The summed E-state index contributed by atoms with van der Waals surface area (Å²) in [5.41, 5.74) is 0.597. The van der Waals surface area contributed by atoms with E-state index in [4.69, 9.17) is 27.9 Å². The lowest BCUT2D eigenvalue weighted by Crippen LogP contribution is -2.28. The van der Waals surface area contributed by atoms with Gasteiger partial charge in [-0.1, -0.05) is 29.3 Å². The van der Waals surface area contributed by atoms with Gasteiger partial charge in [0.1, 0.15) is 16.4 Å². The molecule has 0 unspecified atom stereocenters. The predicted molar refractivity (Wildman–Crippen MR) is 97.9 cm³/mol. The molecule has 9 heteroatoms. The average Bonchev–Trinajstić information content (AvgIpc) is 3.25. The Kier molecular flexibility index (Phi) is 5.70. The zero-order valence-electron chi connectivity index (χ0n) is 13.1. The highest BCUT2D eigenvalue weighted by Crippen LogP contribution is 2.29. The van der Waals surface area contributed by atoms with Crippen LogP contribution in [-0.4, -0.2) is 31.8 Å². The van der Waals surface area contributed by atoms with Crippen molar-refractivity contribution in [1.29, 1.82) is 0 Å². The molecule has 1 aliphatic heterocycles. The molecule has 1 fully saturated rings. The molecule has 0 N–H and O–H groups in total. The Morgan fingerprint density at radius 2 is 1.92 bits per heavy atom. The molecule has 1 aromatic carbocycles. The predicted octanol–water partition coefficient (Wildman–Crippen LogP) is 4.20. The Bertz CT molecular complexity index is 889. The van der Waals surface area contributed by atoms with Crippen LogP contribution in [0.4, 0.5) is 0 Å². The Labute approximate surface area is 160 Å². The van der Waals surface area contributed by atoms with Gasteiger partial charge in [0.05, 0.1) is 0 Å². The van der Waals surface area contributed by atoms with Gasteiger partial charge in [0, 0.05) is 28.7 Å². The number of ether oxygens (including phenoxy) is 1. The molecule has 0 aliphatic carbocycles. The van der Waals surface area contributed by atoms with Crippen LogP contribution >= 0.6 is 34.5 Å². The van der Waals surface area contributed by atoms with E-state index in [0.29, 0.717) is 28.7 Å². The van der Waals surface area contributed by atoms with E-state index in [-0.39, 0.29) is 16.4 Å². The van der Waals surface area contributed by atoms with Gasteiger partial charge >= 0.3 is 5.97 Å². The largest absolute Gasteiger partial charge is 0.457 e. The van der Waals surface area contributed by atoms with E-state index >= 15 is 0 Å². The van der Waals surface area contributed by atoms with Crippen molar-refractivity contribution in [3.05, 3.63) is 50.1 Å². The fraction of sp³-hybridized carbons (Fsp3) is 0.312. The molecular weight excluding hydrogens is 405 g/mol. The third-order valence-electron chi connectivity index (χ3n) is 3.87. The van der Waals surface area contributed by atoms with Gasteiger partial charge in [0.15, 0.2) is 0 Å². The van der Waals surface area contributed by atoms with Crippen molar-refractivity contribution in [1.82, 2.24) is 4.31 Å². The summed E-state index contributed by atoms with van der Waals surface area (Å²) in [6.45, 7) is 0.899. The van der Waals surface area contributed by atoms with Crippen molar-refractivity contribution in [2.75, 3.05) is 13.1 Å². The van der Waals surface area contributed by atoms with Gasteiger partial charge in [-0.3, -0.25) is 0 Å². The van der Waals surface area contributed by atoms with Crippen molar-refractivity contribution >= 4 is 50.5 Å². The molecule has 1 aliphatic rings. The highest BCUT2D eigenvalue weighted by molar-refractivity contribution is 7.89. The first-order valence-electron chi connectivity index (χ1n) is 7.58. The molecule has 2 heterocycles. The van der Waals surface area contributed by atoms with Crippen LogP contribution in [0.2, 0.25) is 10.0 Å². The summed E-state index contributed by atoms with van der Waals surface area (Å²) >= 11 is 12.9. The second-order valence-electron chi connectivity index (χ2n) is 5.54. The van der Waals surface area contributed by atoms with Crippen LogP contribution in [0.25, 0.3) is 0 Å². The van der Waals surface area contributed by atoms with Gasteiger partial charge < -0.3 is 4.74 Å². The Morgan fingerprint density at radius 1 is 1.20 bits per heavy atom. The summed E-state index contributed by atoms with van der Waals surface area (Å²) in [6, 6.07) is 6.31. The number of rotatable bonds is 5. The lowest BCUT2D eigenvalue weighted by molar-refractivity contribution is 0.0474. The van der Waals surface area contributed by atoms with E-state index in [2.05, 4.69) is 0 Å². The molecule has 134 valence electrons. The molecule has 25 heavy (non-hydrogen) atoms. The Balaban J connectivity index is 1.76. The number of halogens is 2. The third-order valence-corrected chi connectivity index (χ3v) is 7.42. The first kappa shape index (κ1) is 18.7. The molecule has 2 aromatic rings. The monoisotopic (exact) mass is 419 g/mol. The number of sulfonamides is 1. The maximum atomic E-state index is 12.7. The van der Waals surface area contributed by atoms with Gasteiger partial charge in [0.25, 0.3) is 0 Å². The molecule has 0 radical (unpaired) electrons. The zero-order chi connectivity index (χ0) is 18.0. The van der Waals surface area contributed by atoms with Crippen LogP contribution < -0.4 is 0 Å². The SMILES string of the molecule is O=C(OCc1ccc(Cl)cc1Cl)c1sccc1S(=O)(=O)N1CCCC1. The van der Waals surface area contributed by atoms with E-state index in [1.165, 1.54) is 10.4 Å². The molecular formula is C16H15Cl2NO4S2. The molecule has 3 rings (SSSR count). The van der Waals surface area contributed by atoms with Crippen molar-refractivity contribution in [2.45, 2.75) is 24.3 Å². The number of benzene rings is 1. The van der Waals surface area contributed by atoms with Gasteiger partial charge in [0.2, 0.25) is 10.0 Å². The van der Waals surface area contributed by atoms with Crippen LogP contribution in [0, 0.1) is 0 Å². The Morgan fingerprint density at radius 3 is 2.60 bits per heavy atom. The van der Waals surface area contributed by atoms with Crippen LogP contribution in [0.15, 0.2) is 34.5 Å². The van der Waals surface area contributed by atoms with E-state index < -0.39 is 16.0 Å². The quantitative estimate of drug-likeness (QED) is 0.681. The molecule has 1 aromatic heterocycles. The normalized spacial score (nSPS) is 15.4. The smallest absolute Gasteiger partial charge is 0.350 e. The number of hydrogen-bond acceptors (Lipinski definition) is 5. The van der Waals surface area contributed by atoms with Gasteiger partial charge in [-0.15, -0.1) is 11.3 Å². The number of carbonyl (C=O) groups is 1. The van der Waals surface area contributed by atoms with E-state index in [9.17, 15) is 13.2 Å². The minimum Gasteiger partial charge on any atom is -0.457 e. The van der Waals surface area contributed by atoms with Crippen molar-refractivity contribution < 1.29 is 17.9 Å². The fourth-order valence-electron chi connectivity index (χ4n) is 2.56. The first-order valence-corrected chi connectivity index (χ1v) is 10.7. The highest BCUT2D eigenvalue weighted by atomic mass is 35.5. The average molecular weight is 420 g/mol. The third kappa shape index (κ3) is 4.01. The first-order chi connectivity index (χ1) is 11.9. The molecule has 0 spiro atoms. The van der Waals surface area contributed by atoms with Crippen LogP contribution in [0.1, 0.15) is 28.1 Å². The minimum absolute atomic E-state index is 0.00611. The van der Waals surface area contributed by atoms with Crippen LogP contribution in [0.5, 0.6) is 0 Å². The molecule has 0 bridgehead atoms. The van der Waals surface area contributed by atoms with Gasteiger partial charge in [-0.2, -0.15) is 4.31 Å². The molecule has 0 saturated carbocycles. The van der Waals surface area contributed by atoms with Crippen LogP contribution in [-0.2, 0) is 21.4 Å². The van der Waals surface area contributed by atoms with E-state index in [0.717, 1.165) is 24.2 Å². The fourth-order valence-corrected chi connectivity index (χ4v) is 5.83. The van der Waals surface area contributed by atoms with Crippen LogP contribution in [0.3, 0.4) is 0 Å². The summed E-state index contributed by atoms with van der Waals surface area (Å²) in [6.07, 6.45) is 1.66. The minimum atomic E-state index is -3.67. The number of carbonyl (C=O) groups excluding carboxylic acids is 1. The maximum absolute atomic E-state index is 12.7. The van der Waals surface area contributed by atoms with Crippen molar-refractivity contribution in [3.8, 4) is 0 Å². The number of nitrogens with zero attached hydrogens (tertiary/aromatic N) is 1. The molecule has 1 saturated heterocycles.